The minimum Gasteiger partial charge on any atom is -0.410 e. The number of nitrogens with zero attached hydrogens (tertiary/aromatic N) is 3. The molecule has 3 amide bonds. The summed E-state index contributed by atoms with van der Waals surface area (Å²) in [5.41, 5.74) is 2.25. The van der Waals surface area contributed by atoms with Crippen molar-refractivity contribution in [2.45, 2.75) is 250 Å². The van der Waals surface area contributed by atoms with Crippen LogP contribution in [0.4, 0.5) is 14.4 Å². The number of amides is 3. The summed E-state index contributed by atoms with van der Waals surface area (Å²) in [6.07, 6.45) is 25.7. The Labute approximate surface area is 490 Å². The van der Waals surface area contributed by atoms with Gasteiger partial charge in [0.2, 0.25) is 0 Å². The van der Waals surface area contributed by atoms with Crippen LogP contribution in [0, 0.1) is 35.5 Å². The number of ether oxygens (including phenoxy) is 3. The van der Waals surface area contributed by atoms with Crippen LogP contribution >= 0.6 is 0 Å². The molecule has 0 bridgehead atoms. The van der Waals surface area contributed by atoms with Gasteiger partial charge in [0.1, 0.15) is 17.2 Å². The molecule has 0 radical (unpaired) electrons. The van der Waals surface area contributed by atoms with Crippen molar-refractivity contribution in [3.8, 4) is 17.2 Å². The normalized spacial score (nSPS) is 14.5. The van der Waals surface area contributed by atoms with E-state index in [-0.39, 0.29) is 18.3 Å². The minimum atomic E-state index is -0.721. The first-order valence-corrected chi connectivity index (χ1v) is 33.0. The monoisotopic (exact) mass is 1110 g/mol. The highest BCUT2D eigenvalue weighted by atomic mass is 16.6. The van der Waals surface area contributed by atoms with Crippen molar-refractivity contribution in [2.75, 3.05) is 39.3 Å². The molecule has 0 heterocycles. The first kappa shape index (κ1) is 69.7. The van der Waals surface area contributed by atoms with E-state index in [1.807, 2.05) is 51.1 Å². The van der Waals surface area contributed by atoms with Crippen LogP contribution < -0.4 is 14.2 Å². The zero-order valence-electron chi connectivity index (χ0n) is 53.4. The number of unbranched alkanes of at least 4 members (excludes halogenated alkanes) is 6. The van der Waals surface area contributed by atoms with Crippen molar-refractivity contribution in [1.82, 2.24) is 14.7 Å². The molecule has 9 nitrogen and oxygen atoms in total. The lowest BCUT2D eigenvalue weighted by Crippen LogP contribution is -2.40. The Morgan fingerprint density at radius 2 is 0.500 bits per heavy atom. The molecule has 80 heavy (non-hydrogen) atoms. The van der Waals surface area contributed by atoms with Crippen molar-refractivity contribution in [3.63, 3.8) is 0 Å². The maximum absolute atomic E-state index is 14.3. The summed E-state index contributed by atoms with van der Waals surface area (Å²) >= 11 is 0. The fourth-order valence-corrected chi connectivity index (χ4v) is 11.6. The predicted octanol–water partition coefficient (Wildman–Crippen LogP) is 20.7. The third-order valence-electron chi connectivity index (χ3n) is 17.8. The summed E-state index contributed by atoms with van der Waals surface area (Å²) in [7, 11) is 0. The fraction of sp³-hybridized carbons (Fsp3) is 0.704. The van der Waals surface area contributed by atoms with Gasteiger partial charge >= 0.3 is 18.3 Å². The van der Waals surface area contributed by atoms with Crippen LogP contribution in [0.2, 0.25) is 0 Å². The summed E-state index contributed by atoms with van der Waals surface area (Å²) in [6.45, 7) is 33.2. The summed E-state index contributed by atoms with van der Waals surface area (Å²) in [5, 5.41) is 0. The molecule has 0 fully saturated rings. The highest BCUT2D eigenvalue weighted by Crippen LogP contribution is 2.41. The number of hydrogen-bond acceptors (Lipinski definition) is 6. The summed E-state index contributed by atoms with van der Waals surface area (Å²) in [5.74, 6) is 4.09. The Hall–Kier alpha value is -4.53. The molecule has 0 saturated carbocycles. The van der Waals surface area contributed by atoms with Gasteiger partial charge in [-0.2, -0.15) is 0 Å². The Morgan fingerprint density at radius 3 is 0.650 bits per heavy atom. The quantitative estimate of drug-likeness (QED) is 0.0525. The standard InChI is InChI=1S/C71H117N3O6/c1-14-26-32-56(20-7)50-72(51-57(21-8)33-27-15-2)68(75)78-65-44-38-62(39-45-65)71(13,63-40-46-66(47-41-63)79-69(76)73(52-58(22-9)34-28-16-3)53-59(23-10)35-29-17-4)64-42-48-67(49-43-64)80-70(77)74(54-60(24-11)36-30-18-5)55-61(25-12)37-31-19-6/h38-49,56-61H,14-37,50-55H2,1-13H3. The van der Waals surface area contributed by atoms with Crippen LogP contribution in [0.1, 0.15) is 261 Å². The van der Waals surface area contributed by atoms with Crippen molar-refractivity contribution >= 4 is 18.3 Å². The molecule has 3 rings (SSSR count). The summed E-state index contributed by atoms with van der Waals surface area (Å²) in [6, 6.07) is 23.9. The minimum absolute atomic E-state index is 0.285. The number of carbonyl (C=O) groups is 3. The van der Waals surface area contributed by atoms with Gasteiger partial charge in [0, 0.05) is 44.7 Å². The van der Waals surface area contributed by atoms with Gasteiger partial charge in [-0.1, -0.05) is 235 Å². The molecule has 452 valence electrons. The van der Waals surface area contributed by atoms with Crippen molar-refractivity contribution in [3.05, 3.63) is 89.5 Å². The molecule has 3 aromatic rings. The summed E-state index contributed by atoms with van der Waals surface area (Å²) < 4.78 is 18.8. The van der Waals surface area contributed by atoms with Gasteiger partial charge in [0.15, 0.2) is 0 Å². The number of rotatable bonds is 42. The molecule has 0 N–H and O–H groups in total. The van der Waals surface area contributed by atoms with Crippen LogP contribution in [0.5, 0.6) is 17.2 Å². The van der Waals surface area contributed by atoms with E-state index in [0.29, 0.717) is 92.0 Å². The lowest BCUT2D eigenvalue weighted by Gasteiger charge is -2.33. The van der Waals surface area contributed by atoms with Crippen LogP contribution in [0.15, 0.2) is 72.8 Å². The van der Waals surface area contributed by atoms with E-state index in [9.17, 15) is 14.4 Å². The molecule has 0 aliphatic heterocycles. The SMILES string of the molecule is CCCCC(CC)CN(CC(CC)CCCC)C(=O)Oc1ccc(C(C)(c2ccc(OC(=O)N(CC(CC)CCCC)CC(CC)CCCC)cc2)c2ccc(OC(=O)N(CC(CC)CCCC)CC(CC)CCCC)cc2)cc1. The molecule has 6 unspecified atom stereocenters. The van der Waals surface area contributed by atoms with Gasteiger partial charge in [0.05, 0.1) is 0 Å². The number of hydrogen-bond donors (Lipinski definition) is 0. The predicted molar refractivity (Wildman–Crippen MR) is 338 cm³/mol. The lowest BCUT2D eigenvalue weighted by atomic mass is 9.71. The Balaban J connectivity index is 2.10. The number of carbonyl (C=O) groups excluding carboxylic acids is 3. The first-order valence-electron chi connectivity index (χ1n) is 33.0. The molecular formula is C71H117N3O6. The molecular weight excluding hydrogens is 991 g/mol. The molecule has 6 atom stereocenters. The van der Waals surface area contributed by atoms with Gasteiger partial charge in [-0.15, -0.1) is 0 Å². The molecule has 0 aliphatic carbocycles. The van der Waals surface area contributed by atoms with Crippen LogP contribution in [0.25, 0.3) is 0 Å². The molecule has 9 heteroatoms. The Bertz CT molecular complexity index is 1800. The van der Waals surface area contributed by atoms with E-state index in [1.54, 1.807) is 0 Å². The zero-order chi connectivity index (χ0) is 58.7. The van der Waals surface area contributed by atoms with Crippen LogP contribution in [-0.2, 0) is 5.41 Å². The first-order chi connectivity index (χ1) is 38.7. The van der Waals surface area contributed by atoms with Gasteiger partial charge < -0.3 is 28.9 Å². The van der Waals surface area contributed by atoms with E-state index in [0.717, 1.165) is 171 Å². The van der Waals surface area contributed by atoms with Gasteiger partial charge in [-0.05, 0) is 134 Å². The second-order valence-electron chi connectivity index (χ2n) is 24.0. The summed E-state index contributed by atoms with van der Waals surface area (Å²) in [4.78, 5) is 48.7. The zero-order valence-corrected chi connectivity index (χ0v) is 53.4. The maximum atomic E-state index is 14.3. The van der Waals surface area contributed by atoms with Crippen molar-refractivity contribution < 1.29 is 28.6 Å². The van der Waals surface area contributed by atoms with Crippen molar-refractivity contribution in [1.29, 1.82) is 0 Å². The van der Waals surface area contributed by atoms with E-state index in [1.165, 1.54) is 0 Å². The Morgan fingerprint density at radius 1 is 0.325 bits per heavy atom. The van der Waals surface area contributed by atoms with E-state index in [2.05, 4.69) is 126 Å². The van der Waals surface area contributed by atoms with E-state index < -0.39 is 5.41 Å². The van der Waals surface area contributed by atoms with Crippen LogP contribution in [0.3, 0.4) is 0 Å². The van der Waals surface area contributed by atoms with E-state index in [4.69, 9.17) is 14.2 Å². The fourth-order valence-electron chi connectivity index (χ4n) is 11.6. The second kappa shape index (κ2) is 39.8. The maximum Gasteiger partial charge on any atom is 0.415 e. The average Bonchev–Trinajstić information content (AvgIpc) is 3.53. The third-order valence-corrected chi connectivity index (χ3v) is 17.8. The average molecular weight is 1110 g/mol. The van der Waals surface area contributed by atoms with Gasteiger partial charge in [-0.25, -0.2) is 14.4 Å². The second-order valence-corrected chi connectivity index (χ2v) is 24.0. The molecule has 0 aromatic heterocycles. The highest BCUT2D eigenvalue weighted by molar-refractivity contribution is 5.72. The third kappa shape index (κ3) is 23.7. The van der Waals surface area contributed by atoms with Crippen LogP contribution in [-0.4, -0.2) is 72.2 Å². The topological polar surface area (TPSA) is 88.6 Å². The van der Waals surface area contributed by atoms with Crippen molar-refractivity contribution in [2.24, 2.45) is 35.5 Å². The van der Waals surface area contributed by atoms with Gasteiger partial charge in [-0.3, -0.25) is 0 Å². The highest BCUT2D eigenvalue weighted by Gasteiger charge is 2.33. The number of benzene rings is 3. The lowest BCUT2D eigenvalue weighted by molar-refractivity contribution is 0.129. The molecule has 3 aromatic carbocycles. The largest absolute Gasteiger partial charge is 0.415 e. The molecule has 0 aliphatic rings. The molecule has 0 spiro atoms. The molecule has 0 saturated heterocycles. The van der Waals surface area contributed by atoms with Gasteiger partial charge in [0.25, 0.3) is 0 Å². The van der Waals surface area contributed by atoms with E-state index >= 15 is 0 Å². The smallest absolute Gasteiger partial charge is 0.410 e. The Kier molecular flexibility index (Phi) is 34.7.